The molecule has 4 rings (SSSR count). The maximum Gasteiger partial charge on any atom is 0.251 e. The minimum Gasteiger partial charge on any atom is -0.493 e. The summed E-state index contributed by atoms with van der Waals surface area (Å²) in [6.07, 6.45) is 6.25. The first-order valence-corrected chi connectivity index (χ1v) is 12.8. The zero-order valence-electron chi connectivity index (χ0n) is 20.5. The molecular formula is C30H32ClN3O2. The number of halogens is 1. The Balaban J connectivity index is 1.29. The molecular weight excluding hydrogens is 470 g/mol. The summed E-state index contributed by atoms with van der Waals surface area (Å²) in [5, 5.41) is 3.61. The highest BCUT2D eigenvalue weighted by Crippen LogP contribution is 2.20. The van der Waals surface area contributed by atoms with Crippen LogP contribution in [0.25, 0.3) is 11.0 Å². The molecule has 0 atom stereocenters. The molecule has 5 nitrogen and oxygen atoms in total. The monoisotopic (exact) mass is 501 g/mol. The van der Waals surface area contributed by atoms with Crippen LogP contribution in [0.5, 0.6) is 5.75 Å². The SMILES string of the molecule is C=CCc1ccccc1OCCCCn1c(CCCNC(=O)c2ccc(Cl)cc2)nc2ccccc21. The van der Waals surface area contributed by atoms with Crippen LogP contribution < -0.4 is 10.1 Å². The zero-order valence-corrected chi connectivity index (χ0v) is 21.2. The summed E-state index contributed by atoms with van der Waals surface area (Å²) in [7, 11) is 0. The summed E-state index contributed by atoms with van der Waals surface area (Å²) in [4.78, 5) is 17.2. The molecule has 36 heavy (non-hydrogen) atoms. The number of carbonyl (C=O) groups is 1. The molecule has 186 valence electrons. The number of amides is 1. The number of aryl methyl sites for hydroxylation is 2. The van der Waals surface area contributed by atoms with Crippen molar-refractivity contribution in [3.05, 3.63) is 107 Å². The summed E-state index contributed by atoms with van der Waals surface area (Å²) in [5.41, 5.74) is 3.93. The van der Waals surface area contributed by atoms with Gasteiger partial charge < -0.3 is 14.6 Å². The number of fused-ring (bicyclic) bond motifs is 1. The van der Waals surface area contributed by atoms with Crippen LogP contribution in [-0.2, 0) is 19.4 Å². The van der Waals surface area contributed by atoms with Gasteiger partial charge in [0.15, 0.2) is 0 Å². The molecule has 0 radical (unpaired) electrons. The number of nitrogens with zero attached hydrogens (tertiary/aromatic N) is 2. The second-order valence-electron chi connectivity index (χ2n) is 8.69. The Morgan fingerprint density at radius 3 is 2.61 bits per heavy atom. The number of aromatic nitrogens is 2. The fourth-order valence-corrected chi connectivity index (χ4v) is 4.37. The van der Waals surface area contributed by atoms with E-state index < -0.39 is 0 Å². The third-order valence-electron chi connectivity index (χ3n) is 6.07. The lowest BCUT2D eigenvalue weighted by atomic mass is 10.1. The van der Waals surface area contributed by atoms with Gasteiger partial charge in [0.2, 0.25) is 0 Å². The van der Waals surface area contributed by atoms with E-state index in [4.69, 9.17) is 21.3 Å². The molecule has 0 aliphatic rings. The van der Waals surface area contributed by atoms with E-state index in [0.29, 0.717) is 23.7 Å². The molecule has 0 aliphatic heterocycles. The van der Waals surface area contributed by atoms with E-state index in [0.717, 1.165) is 61.3 Å². The number of unbranched alkanes of at least 4 members (excludes halogenated alkanes) is 1. The number of allylic oxidation sites excluding steroid dienone is 1. The lowest BCUT2D eigenvalue weighted by Gasteiger charge is -2.12. The predicted octanol–water partition coefficient (Wildman–Crippen LogP) is 6.64. The molecule has 0 unspecified atom stereocenters. The topological polar surface area (TPSA) is 56.1 Å². The highest BCUT2D eigenvalue weighted by atomic mass is 35.5. The molecule has 0 aliphatic carbocycles. The van der Waals surface area contributed by atoms with Crippen LogP contribution in [0.3, 0.4) is 0 Å². The smallest absolute Gasteiger partial charge is 0.251 e. The average Bonchev–Trinajstić information content (AvgIpc) is 3.25. The number of para-hydroxylation sites is 3. The molecule has 6 heteroatoms. The van der Waals surface area contributed by atoms with Gasteiger partial charge in [-0.1, -0.05) is 48.0 Å². The summed E-state index contributed by atoms with van der Waals surface area (Å²) in [6.45, 7) is 5.97. The molecule has 1 aromatic heterocycles. The molecule has 0 saturated heterocycles. The van der Waals surface area contributed by atoms with E-state index in [-0.39, 0.29) is 5.91 Å². The molecule has 0 fully saturated rings. The van der Waals surface area contributed by atoms with Crippen LogP contribution in [0, 0.1) is 0 Å². The average molecular weight is 502 g/mol. The quantitative estimate of drug-likeness (QED) is 0.165. The van der Waals surface area contributed by atoms with Gasteiger partial charge in [0.05, 0.1) is 17.6 Å². The van der Waals surface area contributed by atoms with E-state index in [1.807, 2.05) is 30.3 Å². The Labute approximate surface area is 217 Å². The second kappa shape index (κ2) is 12.9. The van der Waals surface area contributed by atoms with Crippen molar-refractivity contribution in [1.29, 1.82) is 0 Å². The largest absolute Gasteiger partial charge is 0.493 e. The zero-order chi connectivity index (χ0) is 25.2. The van der Waals surface area contributed by atoms with Crippen molar-refractivity contribution in [2.24, 2.45) is 0 Å². The van der Waals surface area contributed by atoms with E-state index in [2.05, 4.69) is 40.7 Å². The maximum atomic E-state index is 12.3. The minimum atomic E-state index is -0.0881. The number of benzene rings is 3. The number of hydrogen-bond acceptors (Lipinski definition) is 3. The second-order valence-corrected chi connectivity index (χ2v) is 9.13. The summed E-state index contributed by atoms with van der Waals surface area (Å²) < 4.78 is 8.36. The van der Waals surface area contributed by atoms with E-state index in [9.17, 15) is 4.79 Å². The first kappa shape index (κ1) is 25.5. The van der Waals surface area contributed by atoms with Gasteiger partial charge in [0.1, 0.15) is 11.6 Å². The van der Waals surface area contributed by atoms with Crippen LogP contribution in [-0.4, -0.2) is 28.6 Å². The standard InChI is InChI=1S/C30H32ClN3O2/c1-2-10-23-11-3-6-14-28(23)36-22-8-7-21-34-27-13-5-4-12-26(27)33-29(34)15-9-20-32-30(35)24-16-18-25(31)19-17-24/h2-6,11-14,16-19H,1,7-10,15,20-22H2,(H,32,35). The van der Waals surface area contributed by atoms with Crippen LogP contribution in [0.15, 0.2) is 85.5 Å². The first-order chi connectivity index (χ1) is 17.7. The van der Waals surface area contributed by atoms with Crippen LogP contribution in [0.2, 0.25) is 5.02 Å². The fourth-order valence-electron chi connectivity index (χ4n) is 4.24. The molecule has 4 aromatic rings. The predicted molar refractivity (Wildman–Crippen MR) is 147 cm³/mol. The third kappa shape index (κ3) is 6.76. The van der Waals surface area contributed by atoms with Gasteiger partial charge in [-0.05, 0) is 73.7 Å². The minimum absolute atomic E-state index is 0.0881. The number of imidazole rings is 1. The molecule has 3 aromatic carbocycles. The lowest BCUT2D eigenvalue weighted by molar-refractivity contribution is 0.0953. The maximum absolute atomic E-state index is 12.3. The van der Waals surface area contributed by atoms with Gasteiger partial charge in [0.25, 0.3) is 5.91 Å². The van der Waals surface area contributed by atoms with Gasteiger partial charge >= 0.3 is 0 Å². The van der Waals surface area contributed by atoms with Crippen molar-refractivity contribution in [3.63, 3.8) is 0 Å². The van der Waals surface area contributed by atoms with Crippen molar-refractivity contribution in [2.75, 3.05) is 13.2 Å². The Hall–Kier alpha value is -3.57. The molecule has 0 saturated carbocycles. The van der Waals surface area contributed by atoms with Crippen LogP contribution in [0.4, 0.5) is 0 Å². The lowest BCUT2D eigenvalue weighted by Crippen LogP contribution is -2.25. The highest BCUT2D eigenvalue weighted by molar-refractivity contribution is 6.30. The van der Waals surface area contributed by atoms with Crippen LogP contribution >= 0.6 is 11.6 Å². The van der Waals surface area contributed by atoms with Gasteiger partial charge in [0, 0.05) is 30.1 Å². The molecule has 1 N–H and O–H groups in total. The molecule has 1 heterocycles. The number of rotatable bonds is 13. The van der Waals surface area contributed by atoms with Crippen LogP contribution in [0.1, 0.15) is 41.0 Å². The van der Waals surface area contributed by atoms with Crippen molar-refractivity contribution in [3.8, 4) is 5.75 Å². The summed E-state index contributed by atoms with van der Waals surface area (Å²) in [5.74, 6) is 1.90. The number of nitrogens with one attached hydrogen (secondary N) is 1. The summed E-state index contributed by atoms with van der Waals surface area (Å²) >= 11 is 5.91. The van der Waals surface area contributed by atoms with E-state index in [1.165, 1.54) is 5.56 Å². The molecule has 1 amide bonds. The Morgan fingerprint density at radius 1 is 1.00 bits per heavy atom. The highest BCUT2D eigenvalue weighted by Gasteiger charge is 2.11. The van der Waals surface area contributed by atoms with Crippen molar-refractivity contribution in [2.45, 2.75) is 38.6 Å². The van der Waals surface area contributed by atoms with Gasteiger partial charge in [-0.25, -0.2) is 4.98 Å². The van der Waals surface area contributed by atoms with Gasteiger partial charge in [-0.15, -0.1) is 6.58 Å². The Bertz CT molecular complexity index is 1300. The summed E-state index contributed by atoms with van der Waals surface area (Å²) in [6, 6.07) is 23.3. The third-order valence-corrected chi connectivity index (χ3v) is 6.33. The van der Waals surface area contributed by atoms with Crippen molar-refractivity contribution in [1.82, 2.24) is 14.9 Å². The van der Waals surface area contributed by atoms with Gasteiger partial charge in [-0.3, -0.25) is 4.79 Å². The van der Waals surface area contributed by atoms with E-state index in [1.54, 1.807) is 24.3 Å². The molecule has 0 spiro atoms. The van der Waals surface area contributed by atoms with Crippen molar-refractivity contribution >= 4 is 28.5 Å². The number of hydrogen-bond donors (Lipinski definition) is 1. The number of ether oxygens (including phenoxy) is 1. The Kier molecular flexibility index (Phi) is 9.17. The van der Waals surface area contributed by atoms with Gasteiger partial charge in [-0.2, -0.15) is 0 Å². The normalized spacial score (nSPS) is 10.9. The first-order valence-electron chi connectivity index (χ1n) is 12.4. The Morgan fingerprint density at radius 2 is 1.78 bits per heavy atom. The van der Waals surface area contributed by atoms with E-state index >= 15 is 0 Å². The number of carbonyl (C=O) groups excluding carboxylic acids is 1. The molecule has 0 bridgehead atoms. The van der Waals surface area contributed by atoms with Crippen molar-refractivity contribution < 1.29 is 9.53 Å². The fraction of sp³-hybridized carbons (Fsp3) is 0.267.